The van der Waals surface area contributed by atoms with Crippen LogP contribution in [0.15, 0.2) is 30.3 Å². The van der Waals surface area contributed by atoms with Crippen molar-refractivity contribution in [3.05, 3.63) is 35.4 Å². The predicted octanol–water partition coefficient (Wildman–Crippen LogP) is 3.03. The molecule has 0 amide bonds. The molecule has 1 aromatic heterocycles. The quantitative estimate of drug-likeness (QED) is 0.914. The first-order valence-electron chi connectivity index (χ1n) is 6.93. The van der Waals surface area contributed by atoms with Crippen molar-refractivity contribution >= 4 is 23.4 Å². The number of hydrogen-bond donors (Lipinski definition) is 2. The van der Waals surface area contributed by atoms with Gasteiger partial charge in [-0.05, 0) is 18.9 Å². The van der Waals surface area contributed by atoms with Crippen LogP contribution in [0.1, 0.15) is 12.8 Å². The first-order valence-corrected chi connectivity index (χ1v) is 7.31. The molecule has 0 bridgehead atoms. The lowest BCUT2D eigenvalue weighted by Gasteiger charge is -2.30. The van der Waals surface area contributed by atoms with Gasteiger partial charge in [-0.25, -0.2) is 0 Å². The van der Waals surface area contributed by atoms with E-state index in [0.717, 1.165) is 36.5 Å². The van der Waals surface area contributed by atoms with Crippen LogP contribution >= 0.6 is 11.6 Å². The van der Waals surface area contributed by atoms with Gasteiger partial charge in [-0.15, -0.1) is 0 Å². The third kappa shape index (κ3) is 2.88. The highest BCUT2D eigenvalue weighted by Gasteiger charge is 2.26. The van der Waals surface area contributed by atoms with Crippen LogP contribution in [0.25, 0.3) is 11.3 Å². The van der Waals surface area contributed by atoms with Gasteiger partial charge in [0.15, 0.2) is 5.82 Å². The molecule has 1 aromatic carbocycles. The van der Waals surface area contributed by atoms with Gasteiger partial charge in [0, 0.05) is 29.7 Å². The number of nitrogens with one attached hydrogen (secondary N) is 1. The maximum absolute atomic E-state index is 11.1. The van der Waals surface area contributed by atoms with E-state index in [1.54, 1.807) is 0 Å². The summed E-state index contributed by atoms with van der Waals surface area (Å²) in [6.07, 6.45) is 1.60. The van der Waals surface area contributed by atoms with Crippen molar-refractivity contribution in [1.82, 2.24) is 10.2 Å². The van der Waals surface area contributed by atoms with Crippen molar-refractivity contribution in [2.45, 2.75) is 12.8 Å². The summed E-state index contributed by atoms with van der Waals surface area (Å²) < 4.78 is 0. The second kappa shape index (κ2) is 5.77. The Labute approximate surface area is 127 Å². The van der Waals surface area contributed by atoms with Crippen LogP contribution in [0.4, 0.5) is 5.82 Å². The van der Waals surface area contributed by atoms with Crippen LogP contribution in [-0.2, 0) is 4.79 Å². The van der Waals surface area contributed by atoms with Gasteiger partial charge < -0.3 is 10.0 Å². The minimum absolute atomic E-state index is 0.320. The number of benzene rings is 1. The third-order valence-electron chi connectivity index (χ3n) is 3.82. The predicted molar refractivity (Wildman–Crippen MR) is 81.6 cm³/mol. The molecule has 5 nitrogen and oxygen atoms in total. The van der Waals surface area contributed by atoms with E-state index in [-0.39, 0.29) is 5.92 Å². The second-order valence-corrected chi connectivity index (χ2v) is 5.65. The van der Waals surface area contributed by atoms with Crippen LogP contribution < -0.4 is 4.90 Å². The molecular weight excluding hydrogens is 290 g/mol. The highest BCUT2D eigenvalue weighted by molar-refractivity contribution is 6.33. The molecule has 0 radical (unpaired) electrons. The van der Waals surface area contributed by atoms with Crippen molar-refractivity contribution < 1.29 is 9.90 Å². The Balaban J connectivity index is 1.82. The number of carboxylic acids is 1. The minimum atomic E-state index is -0.735. The Morgan fingerprint density at radius 3 is 3.00 bits per heavy atom. The fraction of sp³-hybridized carbons (Fsp3) is 0.333. The molecule has 0 spiro atoms. The summed E-state index contributed by atoms with van der Waals surface area (Å²) in [5, 5.41) is 17.1. The molecule has 110 valence electrons. The highest BCUT2D eigenvalue weighted by atomic mass is 35.5. The molecule has 1 aliphatic rings. The van der Waals surface area contributed by atoms with Gasteiger partial charge in [0.05, 0.1) is 11.6 Å². The van der Waals surface area contributed by atoms with Crippen LogP contribution in [0.2, 0.25) is 5.02 Å². The minimum Gasteiger partial charge on any atom is -0.481 e. The Hall–Kier alpha value is -2.01. The molecule has 0 aliphatic carbocycles. The maximum atomic E-state index is 11.1. The zero-order valence-electron chi connectivity index (χ0n) is 11.4. The molecule has 1 atom stereocenters. The summed E-state index contributed by atoms with van der Waals surface area (Å²) in [6.45, 7) is 1.33. The van der Waals surface area contributed by atoms with E-state index < -0.39 is 5.97 Å². The molecule has 2 aromatic rings. The number of H-pyrrole nitrogens is 1. The molecule has 0 saturated carbocycles. The van der Waals surface area contributed by atoms with E-state index in [4.69, 9.17) is 16.7 Å². The molecule has 1 unspecified atom stereocenters. The average molecular weight is 306 g/mol. The zero-order chi connectivity index (χ0) is 14.8. The van der Waals surface area contributed by atoms with Crippen LogP contribution in [0, 0.1) is 5.92 Å². The van der Waals surface area contributed by atoms with Gasteiger partial charge in [0.2, 0.25) is 0 Å². The lowest BCUT2D eigenvalue weighted by Crippen LogP contribution is -2.38. The number of aromatic nitrogens is 2. The molecule has 2 heterocycles. The maximum Gasteiger partial charge on any atom is 0.308 e. The highest BCUT2D eigenvalue weighted by Crippen LogP contribution is 2.29. The second-order valence-electron chi connectivity index (χ2n) is 5.24. The summed E-state index contributed by atoms with van der Waals surface area (Å²) in [5.41, 5.74) is 1.73. The number of aliphatic carboxylic acids is 1. The number of anilines is 1. The zero-order valence-corrected chi connectivity index (χ0v) is 12.2. The SMILES string of the molecule is O=C(O)C1CCCN(c2cc(-c3ccccc3Cl)[nH]n2)C1. The summed E-state index contributed by atoms with van der Waals surface area (Å²) in [6, 6.07) is 9.48. The standard InChI is InChI=1S/C15H16ClN3O2/c16-12-6-2-1-5-11(12)13-8-14(18-17-13)19-7-3-4-10(9-19)15(20)21/h1-2,5-6,8,10H,3-4,7,9H2,(H,17,18)(H,20,21). The van der Waals surface area contributed by atoms with Gasteiger partial charge in [-0.2, -0.15) is 5.10 Å². The Morgan fingerprint density at radius 2 is 2.24 bits per heavy atom. The molecule has 1 aliphatic heterocycles. The number of carbonyl (C=O) groups is 1. The number of aromatic amines is 1. The monoisotopic (exact) mass is 305 g/mol. The average Bonchev–Trinajstić information content (AvgIpc) is 2.97. The normalized spacial score (nSPS) is 18.7. The fourth-order valence-electron chi connectivity index (χ4n) is 2.68. The lowest BCUT2D eigenvalue weighted by molar-refractivity contribution is -0.141. The third-order valence-corrected chi connectivity index (χ3v) is 4.15. The van der Waals surface area contributed by atoms with Gasteiger partial charge in [-0.3, -0.25) is 9.89 Å². The van der Waals surface area contributed by atoms with E-state index in [0.29, 0.717) is 11.6 Å². The number of nitrogens with zero attached hydrogens (tertiary/aromatic N) is 2. The summed E-state index contributed by atoms with van der Waals surface area (Å²) in [4.78, 5) is 13.1. The van der Waals surface area contributed by atoms with Crippen LogP contribution in [-0.4, -0.2) is 34.4 Å². The summed E-state index contributed by atoms with van der Waals surface area (Å²) in [7, 11) is 0. The first-order chi connectivity index (χ1) is 10.1. The number of halogens is 1. The van der Waals surface area contributed by atoms with Gasteiger partial charge in [-0.1, -0.05) is 29.8 Å². The number of carboxylic acid groups (broad SMARTS) is 1. The van der Waals surface area contributed by atoms with Crippen molar-refractivity contribution in [1.29, 1.82) is 0 Å². The van der Waals surface area contributed by atoms with E-state index in [1.807, 2.05) is 35.2 Å². The lowest BCUT2D eigenvalue weighted by atomic mass is 9.98. The molecule has 2 N–H and O–H groups in total. The Kier molecular flexibility index (Phi) is 3.84. The molecule has 6 heteroatoms. The Bertz CT molecular complexity index is 656. The number of piperidine rings is 1. The van der Waals surface area contributed by atoms with Crippen molar-refractivity contribution in [2.75, 3.05) is 18.0 Å². The summed E-state index contributed by atoms with van der Waals surface area (Å²) in [5.74, 6) is -0.281. The van der Waals surface area contributed by atoms with Crippen molar-refractivity contribution in [2.24, 2.45) is 5.92 Å². The van der Waals surface area contributed by atoms with E-state index in [2.05, 4.69) is 10.2 Å². The molecular formula is C15H16ClN3O2. The fourth-order valence-corrected chi connectivity index (χ4v) is 2.92. The van der Waals surface area contributed by atoms with E-state index in [9.17, 15) is 4.79 Å². The van der Waals surface area contributed by atoms with Crippen molar-refractivity contribution in [3.8, 4) is 11.3 Å². The molecule has 1 saturated heterocycles. The smallest absolute Gasteiger partial charge is 0.308 e. The number of rotatable bonds is 3. The molecule has 3 rings (SSSR count). The molecule has 1 fully saturated rings. The van der Waals surface area contributed by atoms with Crippen LogP contribution in [0.5, 0.6) is 0 Å². The largest absolute Gasteiger partial charge is 0.481 e. The summed E-state index contributed by atoms with van der Waals surface area (Å²) >= 11 is 6.18. The number of hydrogen-bond acceptors (Lipinski definition) is 3. The molecule has 21 heavy (non-hydrogen) atoms. The van der Waals surface area contributed by atoms with Gasteiger partial charge in [0.1, 0.15) is 0 Å². The Morgan fingerprint density at radius 1 is 1.43 bits per heavy atom. The van der Waals surface area contributed by atoms with E-state index >= 15 is 0 Å². The van der Waals surface area contributed by atoms with E-state index in [1.165, 1.54) is 0 Å². The first kappa shape index (κ1) is 13.9. The van der Waals surface area contributed by atoms with Gasteiger partial charge >= 0.3 is 5.97 Å². The van der Waals surface area contributed by atoms with Crippen molar-refractivity contribution in [3.63, 3.8) is 0 Å². The van der Waals surface area contributed by atoms with Crippen LogP contribution in [0.3, 0.4) is 0 Å². The topological polar surface area (TPSA) is 69.2 Å². The van der Waals surface area contributed by atoms with Gasteiger partial charge in [0.25, 0.3) is 0 Å².